The van der Waals surface area contributed by atoms with Gasteiger partial charge in [-0.1, -0.05) is 43.9 Å². The Morgan fingerprint density at radius 2 is 2.16 bits per heavy atom. The van der Waals surface area contributed by atoms with Crippen molar-refractivity contribution in [3.05, 3.63) is 10.8 Å². The third kappa shape index (κ3) is 2.51. The molecule has 0 aliphatic heterocycles. The van der Waals surface area contributed by atoms with Gasteiger partial charge in [0.2, 0.25) is 4.96 Å². The van der Waals surface area contributed by atoms with Crippen LogP contribution in [0.5, 0.6) is 0 Å². The lowest BCUT2D eigenvalue weighted by Gasteiger charge is -2.06. The second-order valence-electron chi connectivity index (χ2n) is 5.42. The monoisotopic (exact) mass is 279 g/mol. The zero-order valence-electron chi connectivity index (χ0n) is 11.4. The second-order valence-corrected chi connectivity index (χ2v) is 6.41. The molecule has 5 nitrogen and oxygen atoms in total. The van der Waals surface area contributed by atoms with Gasteiger partial charge in [0.25, 0.3) is 0 Å². The van der Waals surface area contributed by atoms with E-state index in [2.05, 4.69) is 22.2 Å². The van der Waals surface area contributed by atoms with E-state index in [-0.39, 0.29) is 6.04 Å². The maximum absolute atomic E-state index is 6.19. The van der Waals surface area contributed by atoms with Crippen molar-refractivity contribution in [1.29, 1.82) is 0 Å². The third-order valence-electron chi connectivity index (χ3n) is 3.94. The summed E-state index contributed by atoms with van der Waals surface area (Å²) in [6.45, 7) is 2.18. The Balaban J connectivity index is 1.84. The predicted molar refractivity (Wildman–Crippen MR) is 76.3 cm³/mol. The van der Waals surface area contributed by atoms with Gasteiger partial charge < -0.3 is 5.73 Å². The van der Waals surface area contributed by atoms with E-state index in [1.165, 1.54) is 32.1 Å². The lowest BCUT2D eigenvalue weighted by Crippen LogP contribution is -2.11. The van der Waals surface area contributed by atoms with Crippen molar-refractivity contribution < 1.29 is 0 Å². The smallest absolute Gasteiger partial charge is 0.234 e. The van der Waals surface area contributed by atoms with Crippen LogP contribution in [0, 0.1) is 0 Å². The van der Waals surface area contributed by atoms with Crippen molar-refractivity contribution in [2.24, 2.45) is 5.73 Å². The van der Waals surface area contributed by atoms with Crippen LogP contribution in [-0.2, 0) is 0 Å². The topological polar surface area (TPSA) is 69.1 Å². The fourth-order valence-corrected chi connectivity index (χ4v) is 3.66. The molecule has 0 saturated heterocycles. The summed E-state index contributed by atoms with van der Waals surface area (Å²) in [6.07, 6.45) is 8.35. The number of unbranched alkanes of at least 4 members (excludes halogenated alkanes) is 1. The molecule has 1 aliphatic carbocycles. The van der Waals surface area contributed by atoms with Gasteiger partial charge in [-0.15, -0.1) is 10.2 Å². The average molecular weight is 279 g/mol. The van der Waals surface area contributed by atoms with E-state index in [1.54, 1.807) is 11.3 Å². The molecule has 104 valence electrons. The van der Waals surface area contributed by atoms with Crippen LogP contribution < -0.4 is 5.73 Å². The van der Waals surface area contributed by atoms with E-state index in [9.17, 15) is 0 Å². The minimum Gasteiger partial charge on any atom is -0.322 e. The van der Waals surface area contributed by atoms with Gasteiger partial charge in [-0.25, -0.2) is 0 Å². The molecule has 1 aliphatic rings. The van der Waals surface area contributed by atoms with Crippen LogP contribution in [0.4, 0.5) is 0 Å². The van der Waals surface area contributed by atoms with Crippen LogP contribution in [0.1, 0.15) is 74.7 Å². The van der Waals surface area contributed by atoms with E-state index < -0.39 is 0 Å². The van der Waals surface area contributed by atoms with E-state index in [0.29, 0.717) is 5.92 Å². The van der Waals surface area contributed by atoms with E-state index in [4.69, 9.17) is 5.73 Å². The minimum absolute atomic E-state index is 0.0445. The maximum atomic E-state index is 6.19. The first-order valence-corrected chi connectivity index (χ1v) is 8.09. The summed E-state index contributed by atoms with van der Waals surface area (Å²) >= 11 is 1.59. The van der Waals surface area contributed by atoms with Gasteiger partial charge in [0.05, 0.1) is 6.04 Å². The average Bonchev–Trinajstić information content (AvgIpc) is 3.09. The number of hydrogen-bond donors (Lipinski definition) is 1. The van der Waals surface area contributed by atoms with Gasteiger partial charge in [0, 0.05) is 5.92 Å². The largest absolute Gasteiger partial charge is 0.322 e. The molecule has 2 N–H and O–H groups in total. The molecule has 1 fully saturated rings. The highest BCUT2D eigenvalue weighted by molar-refractivity contribution is 7.16. The molecule has 0 radical (unpaired) electrons. The van der Waals surface area contributed by atoms with Gasteiger partial charge in [0.1, 0.15) is 5.01 Å². The Hall–Kier alpha value is -1.01. The molecule has 2 heterocycles. The fourth-order valence-electron chi connectivity index (χ4n) is 2.78. The Morgan fingerprint density at radius 1 is 1.37 bits per heavy atom. The fraction of sp³-hybridized carbons (Fsp3) is 0.769. The molecular weight excluding hydrogens is 258 g/mol. The number of nitrogens with two attached hydrogens (primary N) is 1. The molecule has 2 aromatic rings. The summed E-state index contributed by atoms with van der Waals surface area (Å²) in [6, 6.07) is 0.0445. The first-order valence-electron chi connectivity index (χ1n) is 7.27. The molecule has 1 atom stereocenters. The Labute approximate surface area is 117 Å². The Kier molecular flexibility index (Phi) is 3.79. The maximum Gasteiger partial charge on any atom is 0.234 e. The molecule has 1 saturated carbocycles. The molecule has 6 heteroatoms. The van der Waals surface area contributed by atoms with E-state index in [0.717, 1.165) is 28.6 Å². The summed E-state index contributed by atoms with van der Waals surface area (Å²) in [5.74, 6) is 1.58. The summed E-state index contributed by atoms with van der Waals surface area (Å²) in [7, 11) is 0. The summed E-state index contributed by atoms with van der Waals surface area (Å²) in [4.78, 5) is 0.892. The zero-order chi connectivity index (χ0) is 13.2. The Morgan fingerprint density at radius 3 is 2.89 bits per heavy atom. The molecule has 0 spiro atoms. The quantitative estimate of drug-likeness (QED) is 0.913. The minimum atomic E-state index is 0.0445. The molecule has 0 bridgehead atoms. The van der Waals surface area contributed by atoms with Crippen molar-refractivity contribution >= 4 is 16.3 Å². The van der Waals surface area contributed by atoms with Crippen molar-refractivity contribution in [3.63, 3.8) is 0 Å². The van der Waals surface area contributed by atoms with E-state index >= 15 is 0 Å². The van der Waals surface area contributed by atoms with Gasteiger partial charge in [-0.05, 0) is 19.3 Å². The first-order chi connectivity index (χ1) is 9.29. The molecule has 0 aromatic carbocycles. The number of rotatable bonds is 5. The molecule has 1 unspecified atom stereocenters. The summed E-state index contributed by atoms with van der Waals surface area (Å²) in [5.41, 5.74) is 6.19. The number of nitrogens with zero attached hydrogens (tertiary/aromatic N) is 4. The molecule has 2 aromatic heterocycles. The predicted octanol–water partition coefficient (Wildman–Crippen LogP) is 3.03. The highest BCUT2D eigenvalue weighted by Crippen LogP contribution is 2.34. The second kappa shape index (κ2) is 5.54. The van der Waals surface area contributed by atoms with Crippen LogP contribution in [0.2, 0.25) is 0 Å². The first kappa shape index (κ1) is 13.0. The van der Waals surface area contributed by atoms with Gasteiger partial charge in [-0.2, -0.15) is 9.61 Å². The standard InChI is InChI=1S/C13H21N5S/c1-2-3-8-10(14)12-17-18-11(9-6-4-5-7-9)15-16-13(18)19-12/h9-10H,2-8,14H2,1H3. The van der Waals surface area contributed by atoms with Crippen molar-refractivity contribution in [2.45, 2.75) is 63.8 Å². The van der Waals surface area contributed by atoms with Gasteiger partial charge in [0.15, 0.2) is 5.82 Å². The van der Waals surface area contributed by atoms with Crippen molar-refractivity contribution in [1.82, 2.24) is 19.8 Å². The molecule has 19 heavy (non-hydrogen) atoms. The van der Waals surface area contributed by atoms with Crippen molar-refractivity contribution in [2.75, 3.05) is 0 Å². The number of fused-ring (bicyclic) bond motifs is 1. The lowest BCUT2D eigenvalue weighted by atomic mass is 10.1. The highest BCUT2D eigenvalue weighted by atomic mass is 32.1. The normalized spacial score (nSPS) is 18.4. The summed E-state index contributed by atoms with van der Waals surface area (Å²) in [5, 5.41) is 14.2. The Bertz CT molecular complexity index is 540. The number of aromatic nitrogens is 4. The van der Waals surface area contributed by atoms with Crippen LogP contribution in [0.25, 0.3) is 4.96 Å². The van der Waals surface area contributed by atoms with Gasteiger partial charge >= 0.3 is 0 Å². The SMILES string of the molecule is CCCCC(N)c1nn2c(C3CCCC3)nnc2s1. The lowest BCUT2D eigenvalue weighted by molar-refractivity contribution is 0.583. The van der Waals surface area contributed by atoms with Gasteiger partial charge in [-0.3, -0.25) is 0 Å². The number of hydrogen-bond acceptors (Lipinski definition) is 5. The highest BCUT2D eigenvalue weighted by Gasteiger charge is 2.24. The van der Waals surface area contributed by atoms with Crippen LogP contribution in [0.15, 0.2) is 0 Å². The third-order valence-corrected chi connectivity index (χ3v) is 4.97. The molecule has 0 amide bonds. The van der Waals surface area contributed by atoms with Crippen LogP contribution in [-0.4, -0.2) is 19.8 Å². The zero-order valence-corrected chi connectivity index (χ0v) is 12.2. The van der Waals surface area contributed by atoms with Crippen molar-refractivity contribution in [3.8, 4) is 0 Å². The molecule has 3 rings (SSSR count). The summed E-state index contributed by atoms with van der Waals surface area (Å²) < 4.78 is 1.93. The molecular formula is C13H21N5S. The van der Waals surface area contributed by atoms with E-state index in [1.807, 2.05) is 4.52 Å². The van der Waals surface area contributed by atoms with Crippen LogP contribution >= 0.6 is 11.3 Å². The van der Waals surface area contributed by atoms with Crippen LogP contribution in [0.3, 0.4) is 0 Å².